The molecule has 2 amide bonds. The Bertz CT molecular complexity index is 1180. The van der Waals surface area contributed by atoms with Gasteiger partial charge in [0, 0.05) is 56.8 Å². The molecule has 2 aliphatic rings. The monoisotopic (exact) mass is 519 g/mol. The average molecular weight is 520 g/mol. The minimum absolute atomic E-state index is 0.0682. The van der Waals surface area contributed by atoms with Crippen molar-refractivity contribution in [2.45, 2.75) is 65.1 Å². The standard InChI is InChI=1S/C31H41N3O4/c1-5-6-7-11-29(36)32-16-18-33(19-17-32)30(37)25-10-8-9-24-21-34(22-26(24)25)31(2,3)15-14-23-12-13-27(35)28(20-23)38-4/h5-6,8-10,12-13,20,35H,7,11,14-19,21-22H2,1-4H3/b6-5+. The maximum Gasteiger partial charge on any atom is 0.254 e. The van der Waals surface area contributed by atoms with Crippen molar-refractivity contribution in [1.29, 1.82) is 0 Å². The van der Waals surface area contributed by atoms with Crippen molar-refractivity contribution in [3.05, 3.63) is 70.8 Å². The normalized spacial score (nSPS) is 16.2. The molecule has 1 fully saturated rings. The SMILES string of the molecule is C/C=C/CCC(=O)N1CCN(C(=O)c2cccc3c2CN(C(C)(C)CCc2ccc(O)c(OC)c2)C3)CC1. The van der Waals surface area contributed by atoms with Crippen molar-refractivity contribution in [3.8, 4) is 11.5 Å². The van der Waals surface area contributed by atoms with Crippen molar-refractivity contribution in [3.63, 3.8) is 0 Å². The Morgan fingerprint density at radius 3 is 2.50 bits per heavy atom. The van der Waals surface area contributed by atoms with E-state index in [1.807, 2.05) is 53.1 Å². The van der Waals surface area contributed by atoms with Gasteiger partial charge in [-0.05, 0) is 74.9 Å². The second-order valence-corrected chi connectivity index (χ2v) is 10.9. The molecule has 1 saturated heterocycles. The lowest BCUT2D eigenvalue weighted by atomic mass is 9.93. The molecule has 38 heavy (non-hydrogen) atoms. The van der Waals surface area contributed by atoms with E-state index in [9.17, 15) is 14.7 Å². The van der Waals surface area contributed by atoms with E-state index in [1.54, 1.807) is 13.2 Å². The summed E-state index contributed by atoms with van der Waals surface area (Å²) in [4.78, 5) is 32.3. The smallest absolute Gasteiger partial charge is 0.254 e. The number of rotatable bonds is 9. The fourth-order valence-electron chi connectivity index (χ4n) is 5.40. The van der Waals surface area contributed by atoms with Crippen LogP contribution in [-0.2, 0) is 24.3 Å². The first-order chi connectivity index (χ1) is 18.2. The summed E-state index contributed by atoms with van der Waals surface area (Å²) in [6.45, 7) is 10.4. The van der Waals surface area contributed by atoms with E-state index in [4.69, 9.17) is 4.74 Å². The number of methoxy groups -OCH3 is 1. The van der Waals surface area contributed by atoms with E-state index in [-0.39, 0.29) is 23.1 Å². The number of fused-ring (bicyclic) bond motifs is 1. The van der Waals surface area contributed by atoms with Crippen LogP contribution < -0.4 is 4.74 Å². The minimum atomic E-state index is -0.0799. The highest BCUT2D eigenvalue weighted by Crippen LogP contribution is 2.35. The maximum absolute atomic E-state index is 13.6. The molecule has 0 aliphatic carbocycles. The summed E-state index contributed by atoms with van der Waals surface area (Å²) in [5.74, 6) is 0.883. The Kier molecular flexibility index (Phi) is 8.77. The lowest BCUT2D eigenvalue weighted by Crippen LogP contribution is -2.50. The Hall–Kier alpha value is -3.32. The van der Waals surface area contributed by atoms with Gasteiger partial charge >= 0.3 is 0 Å². The average Bonchev–Trinajstić information content (AvgIpc) is 3.38. The molecule has 2 aromatic rings. The molecule has 0 radical (unpaired) electrons. The van der Waals surface area contributed by atoms with Crippen molar-refractivity contribution in [1.82, 2.24) is 14.7 Å². The van der Waals surface area contributed by atoms with E-state index < -0.39 is 0 Å². The topological polar surface area (TPSA) is 73.3 Å². The van der Waals surface area contributed by atoms with E-state index >= 15 is 0 Å². The van der Waals surface area contributed by atoms with Gasteiger partial charge in [-0.25, -0.2) is 0 Å². The third-order valence-electron chi connectivity index (χ3n) is 8.02. The van der Waals surface area contributed by atoms with Gasteiger partial charge in [-0.2, -0.15) is 0 Å². The number of amides is 2. The maximum atomic E-state index is 13.6. The summed E-state index contributed by atoms with van der Waals surface area (Å²) in [7, 11) is 1.56. The second-order valence-electron chi connectivity index (χ2n) is 10.9. The molecule has 7 heteroatoms. The number of carbonyl (C=O) groups excluding carboxylic acids is 2. The fourth-order valence-corrected chi connectivity index (χ4v) is 5.40. The number of hydrogen-bond donors (Lipinski definition) is 1. The van der Waals surface area contributed by atoms with Crippen LogP contribution in [-0.4, -0.2) is 70.4 Å². The summed E-state index contributed by atoms with van der Waals surface area (Å²) in [6, 6.07) is 11.6. The molecule has 2 aromatic carbocycles. The first-order valence-electron chi connectivity index (χ1n) is 13.6. The molecule has 204 valence electrons. The summed E-state index contributed by atoms with van der Waals surface area (Å²) < 4.78 is 5.26. The number of benzene rings is 2. The number of aromatic hydroxyl groups is 1. The molecule has 0 unspecified atom stereocenters. The lowest BCUT2D eigenvalue weighted by molar-refractivity contribution is -0.132. The van der Waals surface area contributed by atoms with Gasteiger partial charge in [-0.15, -0.1) is 0 Å². The minimum Gasteiger partial charge on any atom is -0.504 e. The highest BCUT2D eigenvalue weighted by atomic mass is 16.5. The van der Waals surface area contributed by atoms with E-state index in [0.717, 1.165) is 49.0 Å². The molecule has 7 nitrogen and oxygen atoms in total. The number of nitrogens with zero attached hydrogens (tertiary/aromatic N) is 3. The molecule has 2 aliphatic heterocycles. The third kappa shape index (κ3) is 6.21. The number of ether oxygens (including phenoxy) is 1. The van der Waals surface area contributed by atoms with Crippen LogP contribution in [0, 0.1) is 0 Å². The van der Waals surface area contributed by atoms with Crippen LogP contribution in [0.1, 0.15) is 67.1 Å². The molecular weight excluding hydrogens is 478 g/mol. The largest absolute Gasteiger partial charge is 0.504 e. The summed E-state index contributed by atoms with van der Waals surface area (Å²) in [5.41, 5.74) is 4.18. The molecule has 0 saturated carbocycles. The van der Waals surface area contributed by atoms with Gasteiger partial charge in [0.25, 0.3) is 5.91 Å². The molecule has 1 N–H and O–H groups in total. The molecule has 0 spiro atoms. The zero-order chi connectivity index (χ0) is 27.3. The Labute approximate surface area is 226 Å². The predicted molar refractivity (Wildman–Crippen MR) is 149 cm³/mol. The van der Waals surface area contributed by atoms with Gasteiger partial charge in [0.2, 0.25) is 5.91 Å². The van der Waals surface area contributed by atoms with Gasteiger partial charge in [0.1, 0.15) is 0 Å². The molecular formula is C31H41N3O4. The summed E-state index contributed by atoms with van der Waals surface area (Å²) >= 11 is 0. The molecule has 0 aromatic heterocycles. The molecule has 2 heterocycles. The Morgan fingerprint density at radius 2 is 1.79 bits per heavy atom. The zero-order valence-corrected chi connectivity index (χ0v) is 23.2. The number of allylic oxidation sites excluding steroid dienone is 2. The van der Waals surface area contributed by atoms with Crippen LogP contribution in [0.5, 0.6) is 11.5 Å². The third-order valence-corrected chi connectivity index (χ3v) is 8.02. The van der Waals surface area contributed by atoms with E-state index in [1.165, 1.54) is 5.56 Å². The number of phenolic OH excluding ortho intramolecular Hbond substituents is 1. The van der Waals surface area contributed by atoms with E-state index in [0.29, 0.717) is 38.3 Å². The fraction of sp³-hybridized carbons (Fsp3) is 0.484. The molecule has 0 atom stereocenters. The summed E-state index contributed by atoms with van der Waals surface area (Å²) in [6.07, 6.45) is 7.07. The van der Waals surface area contributed by atoms with Gasteiger partial charge in [-0.1, -0.05) is 30.4 Å². The molecule has 0 bridgehead atoms. The lowest BCUT2D eigenvalue weighted by Gasteiger charge is -2.36. The highest BCUT2D eigenvalue weighted by molar-refractivity contribution is 5.96. The summed E-state index contributed by atoms with van der Waals surface area (Å²) in [5, 5.41) is 9.89. The van der Waals surface area contributed by atoms with Crippen LogP contribution in [0.25, 0.3) is 0 Å². The van der Waals surface area contributed by atoms with Crippen LogP contribution in [0.3, 0.4) is 0 Å². The zero-order valence-electron chi connectivity index (χ0n) is 23.2. The second kappa shape index (κ2) is 12.0. The Morgan fingerprint density at radius 1 is 1.05 bits per heavy atom. The van der Waals surface area contributed by atoms with Gasteiger partial charge in [-0.3, -0.25) is 14.5 Å². The van der Waals surface area contributed by atoms with Crippen molar-refractivity contribution in [2.24, 2.45) is 0 Å². The van der Waals surface area contributed by atoms with Gasteiger partial charge < -0.3 is 19.6 Å². The number of piperazine rings is 1. The van der Waals surface area contributed by atoms with Crippen LogP contribution in [0.15, 0.2) is 48.6 Å². The van der Waals surface area contributed by atoms with Crippen LogP contribution >= 0.6 is 0 Å². The van der Waals surface area contributed by atoms with Gasteiger partial charge in [0.05, 0.1) is 7.11 Å². The number of phenols is 1. The van der Waals surface area contributed by atoms with Crippen LogP contribution in [0.2, 0.25) is 0 Å². The van der Waals surface area contributed by atoms with Crippen molar-refractivity contribution < 1.29 is 19.4 Å². The number of carbonyl (C=O) groups is 2. The predicted octanol–water partition coefficient (Wildman–Crippen LogP) is 4.77. The van der Waals surface area contributed by atoms with Crippen molar-refractivity contribution >= 4 is 11.8 Å². The number of aryl methyl sites for hydroxylation is 1. The van der Waals surface area contributed by atoms with E-state index in [2.05, 4.69) is 24.8 Å². The first-order valence-corrected chi connectivity index (χ1v) is 13.6. The highest BCUT2D eigenvalue weighted by Gasteiger charge is 2.35. The molecule has 4 rings (SSSR count). The quantitative estimate of drug-likeness (QED) is 0.483. The first kappa shape index (κ1) is 27.7. The van der Waals surface area contributed by atoms with Crippen LogP contribution in [0.4, 0.5) is 0 Å². The Balaban J connectivity index is 1.37. The number of hydrogen-bond acceptors (Lipinski definition) is 5. The van der Waals surface area contributed by atoms with Gasteiger partial charge in [0.15, 0.2) is 11.5 Å². The van der Waals surface area contributed by atoms with Crippen molar-refractivity contribution in [2.75, 3.05) is 33.3 Å².